The summed E-state index contributed by atoms with van der Waals surface area (Å²) >= 11 is 0. The lowest BCUT2D eigenvalue weighted by molar-refractivity contribution is 0.221. The van der Waals surface area contributed by atoms with Crippen LogP contribution in [0.4, 0.5) is 10.5 Å². The van der Waals surface area contributed by atoms with E-state index in [9.17, 15) is 9.90 Å². The standard InChI is InChI=1S/C12H17N3O2/c1-13-6-7-14-8-9-15(12(14)17)10-2-4-11(16)5-3-10/h2-5,13,16H,6-9H2,1H3. The SMILES string of the molecule is CNCCN1CCN(c2ccc(O)cc2)C1=O. The largest absolute Gasteiger partial charge is 0.508 e. The van der Waals surface area contributed by atoms with Crippen LogP contribution in [0.25, 0.3) is 0 Å². The number of carbonyl (C=O) groups excluding carboxylic acids is 1. The zero-order chi connectivity index (χ0) is 12.3. The summed E-state index contributed by atoms with van der Waals surface area (Å²) in [6, 6.07) is 6.74. The number of hydrogen-bond donors (Lipinski definition) is 2. The topological polar surface area (TPSA) is 55.8 Å². The Bertz CT molecular complexity index is 391. The van der Waals surface area contributed by atoms with Crippen LogP contribution >= 0.6 is 0 Å². The second kappa shape index (κ2) is 5.05. The van der Waals surface area contributed by atoms with Crippen LogP contribution in [0.5, 0.6) is 5.75 Å². The number of phenolic OH excluding ortho intramolecular Hbond substituents is 1. The Morgan fingerprint density at radius 3 is 2.65 bits per heavy atom. The molecule has 0 spiro atoms. The van der Waals surface area contributed by atoms with Crippen molar-refractivity contribution in [2.24, 2.45) is 0 Å². The molecule has 0 radical (unpaired) electrons. The number of urea groups is 1. The molecule has 5 nitrogen and oxygen atoms in total. The van der Waals surface area contributed by atoms with Gasteiger partial charge in [0, 0.05) is 31.9 Å². The Labute approximate surface area is 101 Å². The second-order valence-electron chi connectivity index (χ2n) is 4.04. The molecule has 1 fully saturated rings. The van der Waals surface area contributed by atoms with Gasteiger partial charge in [-0.1, -0.05) is 0 Å². The Morgan fingerprint density at radius 1 is 1.29 bits per heavy atom. The predicted octanol–water partition coefficient (Wildman–Crippen LogP) is 0.854. The summed E-state index contributed by atoms with van der Waals surface area (Å²) in [6.45, 7) is 2.98. The summed E-state index contributed by atoms with van der Waals surface area (Å²) < 4.78 is 0. The smallest absolute Gasteiger partial charge is 0.324 e. The summed E-state index contributed by atoms with van der Waals surface area (Å²) in [7, 11) is 1.87. The number of hydrogen-bond acceptors (Lipinski definition) is 3. The molecule has 0 aliphatic carbocycles. The minimum atomic E-state index is 0.0333. The van der Waals surface area contributed by atoms with Gasteiger partial charge in [0.15, 0.2) is 0 Å². The van der Waals surface area contributed by atoms with E-state index in [1.54, 1.807) is 29.2 Å². The molecule has 0 atom stereocenters. The van der Waals surface area contributed by atoms with Gasteiger partial charge in [-0.25, -0.2) is 4.79 Å². The lowest BCUT2D eigenvalue weighted by atomic mass is 10.3. The molecular formula is C12H17N3O2. The molecule has 92 valence electrons. The van der Waals surface area contributed by atoms with Crippen molar-refractivity contribution in [2.75, 3.05) is 38.1 Å². The molecule has 1 heterocycles. The minimum Gasteiger partial charge on any atom is -0.508 e. The molecule has 0 aromatic heterocycles. The summed E-state index contributed by atoms with van der Waals surface area (Å²) in [4.78, 5) is 15.6. The summed E-state index contributed by atoms with van der Waals surface area (Å²) in [5, 5.41) is 12.2. The molecule has 2 amide bonds. The van der Waals surface area contributed by atoms with Gasteiger partial charge in [-0.05, 0) is 31.3 Å². The average Bonchev–Trinajstić information content (AvgIpc) is 2.69. The normalized spacial score (nSPS) is 15.7. The van der Waals surface area contributed by atoms with E-state index in [4.69, 9.17) is 0 Å². The lowest BCUT2D eigenvalue weighted by Crippen LogP contribution is -2.35. The third-order valence-electron chi connectivity index (χ3n) is 2.89. The molecule has 1 aromatic rings. The van der Waals surface area contributed by atoms with Gasteiger partial charge >= 0.3 is 6.03 Å². The molecule has 17 heavy (non-hydrogen) atoms. The van der Waals surface area contributed by atoms with Crippen LogP contribution in [0.15, 0.2) is 24.3 Å². The highest BCUT2D eigenvalue weighted by atomic mass is 16.3. The highest BCUT2D eigenvalue weighted by Crippen LogP contribution is 2.22. The average molecular weight is 235 g/mol. The number of carbonyl (C=O) groups is 1. The van der Waals surface area contributed by atoms with Gasteiger partial charge in [-0.2, -0.15) is 0 Å². The Hall–Kier alpha value is -1.75. The van der Waals surface area contributed by atoms with Crippen molar-refractivity contribution in [3.63, 3.8) is 0 Å². The van der Waals surface area contributed by atoms with Crippen molar-refractivity contribution in [3.05, 3.63) is 24.3 Å². The predicted molar refractivity (Wildman–Crippen MR) is 66.3 cm³/mol. The highest BCUT2D eigenvalue weighted by Gasteiger charge is 2.28. The van der Waals surface area contributed by atoms with Crippen molar-refractivity contribution in [1.82, 2.24) is 10.2 Å². The van der Waals surface area contributed by atoms with Gasteiger partial charge in [0.05, 0.1) is 0 Å². The van der Waals surface area contributed by atoms with Crippen LogP contribution in [-0.4, -0.2) is 49.3 Å². The van der Waals surface area contributed by atoms with Gasteiger partial charge in [-0.15, -0.1) is 0 Å². The van der Waals surface area contributed by atoms with Crippen molar-refractivity contribution < 1.29 is 9.90 Å². The van der Waals surface area contributed by atoms with Crippen LogP contribution in [0.2, 0.25) is 0 Å². The molecular weight excluding hydrogens is 218 g/mol. The van der Waals surface area contributed by atoms with Crippen LogP contribution in [-0.2, 0) is 0 Å². The molecule has 1 aliphatic heterocycles. The summed E-state index contributed by atoms with van der Waals surface area (Å²) in [5.41, 5.74) is 0.833. The monoisotopic (exact) mass is 235 g/mol. The molecule has 2 rings (SSSR count). The fraction of sp³-hybridized carbons (Fsp3) is 0.417. The molecule has 0 saturated carbocycles. The fourth-order valence-corrected chi connectivity index (χ4v) is 1.91. The van der Waals surface area contributed by atoms with E-state index in [2.05, 4.69) is 5.32 Å². The number of aromatic hydroxyl groups is 1. The van der Waals surface area contributed by atoms with E-state index in [-0.39, 0.29) is 11.8 Å². The third kappa shape index (κ3) is 2.50. The minimum absolute atomic E-state index is 0.0333. The lowest BCUT2D eigenvalue weighted by Gasteiger charge is -2.18. The maximum Gasteiger partial charge on any atom is 0.324 e. The van der Waals surface area contributed by atoms with Crippen LogP contribution in [0, 0.1) is 0 Å². The molecule has 2 N–H and O–H groups in total. The number of rotatable bonds is 4. The first kappa shape index (κ1) is 11.7. The Morgan fingerprint density at radius 2 is 2.00 bits per heavy atom. The number of phenols is 1. The maximum absolute atomic E-state index is 12.1. The van der Waals surface area contributed by atoms with Gasteiger partial charge in [0.2, 0.25) is 0 Å². The van der Waals surface area contributed by atoms with Crippen molar-refractivity contribution in [1.29, 1.82) is 0 Å². The maximum atomic E-state index is 12.1. The van der Waals surface area contributed by atoms with Gasteiger partial charge in [-0.3, -0.25) is 4.90 Å². The first-order chi connectivity index (χ1) is 8.22. The number of amides is 2. The molecule has 1 aromatic carbocycles. The highest BCUT2D eigenvalue weighted by molar-refractivity contribution is 5.94. The zero-order valence-corrected chi connectivity index (χ0v) is 9.89. The van der Waals surface area contributed by atoms with E-state index < -0.39 is 0 Å². The zero-order valence-electron chi connectivity index (χ0n) is 9.89. The van der Waals surface area contributed by atoms with E-state index in [1.807, 2.05) is 11.9 Å². The number of anilines is 1. The number of nitrogens with zero attached hydrogens (tertiary/aromatic N) is 2. The number of nitrogens with one attached hydrogen (secondary N) is 1. The van der Waals surface area contributed by atoms with E-state index >= 15 is 0 Å². The van der Waals surface area contributed by atoms with Crippen molar-refractivity contribution >= 4 is 11.7 Å². The molecule has 1 saturated heterocycles. The fourth-order valence-electron chi connectivity index (χ4n) is 1.91. The van der Waals surface area contributed by atoms with E-state index in [0.29, 0.717) is 6.54 Å². The van der Waals surface area contributed by atoms with E-state index in [0.717, 1.165) is 25.3 Å². The number of likely N-dealkylation sites (N-methyl/N-ethyl adjacent to an activating group) is 1. The molecule has 0 unspecified atom stereocenters. The van der Waals surface area contributed by atoms with Crippen LogP contribution in [0.3, 0.4) is 0 Å². The van der Waals surface area contributed by atoms with Gasteiger partial charge in [0.1, 0.15) is 5.75 Å². The van der Waals surface area contributed by atoms with Crippen molar-refractivity contribution in [2.45, 2.75) is 0 Å². The number of benzene rings is 1. The summed E-state index contributed by atoms with van der Waals surface area (Å²) in [5.74, 6) is 0.215. The first-order valence-electron chi connectivity index (χ1n) is 5.72. The first-order valence-corrected chi connectivity index (χ1v) is 5.72. The molecule has 1 aliphatic rings. The molecule has 0 bridgehead atoms. The van der Waals surface area contributed by atoms with Crippen LogP contribution in [0.1, 0.15) is 0 Å². The Kier molecular flexibility index (Phi) is 3.49. The quantitative estimate of drug-likeness (QED) is 0.813. The van der Waals surface area contributed by atoms with Gasteiger partial charge in [0.25, 0.3) is 0 Å². The van der Waals surface area contributed by atoms with Crippen LogP contribution < -0.4 is 10.2 Å². The second-order valence-corrected chi connectivity index (χ2v) is 4.04. The Balaban J connectivity index is 2.04. The molecule has 5 heteroatoms. The van der Waals surface area contributed by atoms with E-state index in [1.165, 1.54) is 0 Å². The summed E-state index contributed by atoms with van der Waals surface area (Å²) in [6.07, 6.45) is 0. The van der Waals surface area contributed by atoms with Crippen molar-refractivity contribution in [3.8, 4) is 5.75 Å². The van der Waals surface area contributed by atoms with Gasteiger partial charge < -0.3 is 15.3 Å². The third-order valence-corrected chi connectivity index (χ3v) is 2.89.